The van der Waals surface area contributed by atoms with E-state index >= 15 is 0 Å². The van der Waals surface area contributed by atoms with Crippen LogP contribution in [-0.4, -0.2) is 15.0 Å². The van der Waals surface area contributed by atoms with Crippen LogP contribution in [0.1, 0.15) is 26.5 Å². The maximum absolute atomic E-state index is 12.0. The van der Waals surface area contributed by atoms with Gasteiger partial charge in [-0.15, -0.1) is 0 Å². The summed E-state index contributed by atoms with van der Waals surface area (Å²) in [4.78, 5) is 23.4. The molecule has 100 valence electrons. The molecule has 2 heterocycles. The summed E-state index contributed by atoms with van der Waals surface area (Å²) in [7, 11) is 0. The highest BCUT2D eigenvalue weighted by atomic mass is 127. The molecule has 0 aliphatic heterocycles. The monoisotopic (exact) mass is 389 g/mol. The summed E-state index contributed by atoms with van der Waals surface area (Å²) in [5.74, 6) is 0.404. The minimum atomic E-state index is -0.221. The molecular weight excluding hydrogens is 377 g/mol. The van der Waals surface area contributed by atoms with Crippen molar-refractivity contribution in [3.63, 3.8) is 0 Å². The Bertz CT molecular complexity index is 676. The molecule has 0 saturated heterocycles. The van der Waals surface area contributed by atoms with Crippen molar-refractivity contribution < 1.29 is 0 Å². The molecule has 0 spiro atoms. The SMILES string of the molecule is CC(C)(C)c1nc(-c2ncccc2Cl)[nH]c(=O)c1I. The lowest BCUT2D eigenvalue weighted by Crippen LogP contribution is -2.24. The van der Waals surface area contributed by atoms with Gasteiger partial charge in [-0.25, -0.2) is 4.98 Å². The molecule has 0 saturated carbocycles. The molecule has 0 amide bonds. The fraction of sp³-hybridized carbons (Fsp3) is 0.308. The van der Waals surface area contributed by atoms with Gasteiger partial charge in [-0.1, -0.05) is 32.4 Å². The van der Waals surface area contributed by atoms with Crippen molar-refractivity contribution in [3.05, 3.63) is 43.0 Å². The Kier molecular flexibility index (Phi) is 3.96. The molecule has 1 N–H and O–H groups in total. The Morgan fingerprint density at radius 2 is 2.05 bits per heavy atom. The zero-order valence-electron chi connectivity index (χ0n) is 10.8. The average molecular weight is 390 g/mol. The van der Waals surface area contributed by atoms with Crippen molar-refractivity contribution in [2.75, 3.05) is 0 Å². The Morgan fingerprint density at radius 1 is 1.37 bits per heavy atom. The van der Waals surface area contributed by atoms with E-state index < -0.39 is 0 Å². The van der Waals surface area contributed by atoms with Crippen LogP contribution in [0.2, 0.25) is 5.02 Å². The number of H-pyrrole nitrogens is 1. The highest BCUT2D eigenvalue weighted by Gasteiger charge is 2.23. The van der Waals surface area contributed by atoms with Crippen LogP contribution in [0, 0.1) is 3.57 Å². The molecule has 0 bridgehead atoms. The summed E-state index contributed by atoms with van der Waals surface area (Å²) >= 11 is 8.11. The first kappa shape index (κ1) is 14.5. The number of pyridine rings is 1. The van der Waals surface area contributed by atoms with E-state index in [1.807, 2.05) is 43.4 Å². The Labute approximate surface area is 129 Å². The first-order valence-electron chi connectivity index (χ1n) is 5.72. The maximum atomic E-state index is 12.0. The van der Waals surface area contributed by atoms with Gasteiger partial charge in [0.25, 0.3) is 5.56 Å². The number of aromatic amines is 1. The van der Waals surface area contributed by atoms with Gasteiger partial charge in [-0.3, -0.25) is 9.78 Å². The van der Waals surface area contributed by atoms with Gasteiger partial charge in [-0.05, 0) is 34.7 Å². The smallest absolute Gasteiger partial charge is 0.264 e. The summed E-state index contributed by atoms with van der Waals surface area (Å²) in [6.45, 7) is 6.04. The second-order valence-corrected chi connectivity index (χ2v) is 6.65. The fourth-order valence-electron chi connectivity index (χ4n) is 1.63. The number of nitrogens with zero attached hydrogens (tertiary/aromatic N) is 2. The van der Waals surface area contributed by atoms with Gasteiger partial charge < -0.3 is 4.98 Å². The average Bonchev–Trinajstić information content (AvgIpc) is 2.31. The predicted octanol–water partition coefficient (Wildman–Crippen LogP) is 3.39. The molecule has 2 aromatic heterocycles. The second-order valence-electron chi connectivity index (χ2n) is 5.16. The van der Waals surface area contributed by atoms with Crippen LogP contribution < -0.4 is 5.56 Å². The van der Waals surface area contributed by atoms with E-state index in [-0.39, 0.29) is 11.0 Å². The van der Waals surface area contributed by atoms with E-state index in [0.29, 0.717) is 20.1 Å². The predicted molar refractivity (Wildman–Crippen MR) is 84.5 cm³/mol. The quantitative estimate of drug-likeness (QED) is 0.761. The molecule has 6 heteroatoms. The van der Waals surface area contributed by atoms with Crippen molar-refractivity contribution in [2.45, 2.75) is 26.2 Å². The number of hydrogen-bond donors (Lipinski definition) is 1. The zero-order chi connectivity index (χ0) is 14.2. The number of aromatic nitrogens is 3. The summed E-state index contributed by atoms with van der Waals surface area (Å²) in [6.07, 6.45) is 1.62. The summed E-state index contributed by atoms with van der Waals surface area (Å²) in [5, 5.41) is 0.465. The third-order valence-corrected chi connectivity index (χ3v) is 3.86. The van der Waals surface area contributed by atoms with Gasteiger partial charge in [0.2, 0.25) is 0 Å². The van der Waals surface area contributed by atoms with Gasteiger partial charge in [0.05, 0.1) is 10.7 Å². The number of halogens is 2. The van der Waals surface area contributed by atoms with Crippen LogP contribution in [0.25, 0.3) is 11.5 Å². The van der Waals surface area contributed by atoms with E-state index in [4.69, 9.17) is 11.6 Å². The Balaban J connectivity index is 2.71. The van der Waals surface area contributed by atoms with E-state index in [1.54, 1.807) is 18.3 Å². The molecule has 0 unspecified atom stereocenters. The minimum absolute atomic E-state index is 0.169. The third kappa shape index (κ3) is 2.97. The molecule has 4 nitrogen and oxygen atoms in total. The molecule has 0 aliphatic carbocycles. The zero-order valence-corrected chi connectivity index (χ0v) is 13.7. The Morgan fingerprint density at radius 3 is 2.63 bits per heavy atom. The van der Waals surface area contributed by atoms with E-state index in [2.05, 4.69) is 15.0 Å². The first-order chi connectivity index (χ1) is 8.80. The molecule has 0 fully saturated rings. The van der Waals surface area contributed by atoms with Crippen molar-refractivity contribution in [2.24, 2.45) is 0 Å². The highest BCUT2D eigenvalue weighted by Crippen LogP contribution is 2.27. The van der Waals surface area contributed by atoms with Crippen LogP contribution in [0.15, 0.2) is 23.1 Å². The van der Waals surface area contributed by atoms with Gasteiger partial charge in [-0.2, -0.15) is 0 Å². The molecule has 0 aromatic carbocycles. The molecular formula is C13H13ClIN3O. The van der Waals surface area contributed by atoms with Crippen molar-refractivity contribution in [1.82, 2.24) is 15.0 Å². The van der Waals surface area contributed by atoms with Crippen LogP contribution in [-0.2, 0) is 5.41 Å². The number of nitrogens with one attached hydrogen (secondary N) is 1. The molecule has 2 rings (SSSR count). The maximum Gasteiger partial charge on any atom is 0.264 e. The van der Waals surface area contributed by atoms with Crippen molar-refractivity contribution >= 4 is 34.2 Å². The molecule has 2 aromatic rings. The Hall–Kier alpha value is -0.950. The topological polar surface area (TPSA) is 58.6 Å². The van der Waals surface area contributed by atoms with E-state index in [9.17, 15) is 4.79 Å². The summed E-state index contributed by atoms with van der Waals surface area (Å²) < 4.78 is 0.598. The second kappa shape index (κ2) is 5.20. The number of hydrogen-bond acceptors (Lipinski definition) is 3. The van der Waals surface area contributed by atoms with E-state index in [0.717, 1.165) is 5.69 Å². The van der Waals surface area contributed by atoms with Crippen molar-refractivity contribution in [3.8, 4) is 11.5 Å². The normalized spacial score (nSPS) is 11.6. The first-order valence-corrected chi connectivity index (χ1v) is 7.17. The molecule has 0 radical (unpaired) electrons. The standard InChI is InChI=1S/C13H13ClIN3O/c1-13(2,3)10-8(15)12(19)18-11(17-10)9-7(14)5-4-6-16-9/h4-6H,1-3H3,(H,17,18,19). The van der Waals surface area contributed by atoms with E-state index in [1.165, 1.54) is 0 Å². The molecule has 0 aliphatic rings. The van der Waals surface area contributed by atoms with Gasteiger partial charge in [0.1, 0.15) is 9.26 Å². The van der Waals surface area contributed by atoms with Crippen LogP contribution in [0.5, 0.6) is 0 Å². The lowest BCUT2D eigenvalue weighted by molar-refractivity contribution is 0.562. The fourth-order valence-corrected chi connectivity index (χ4v) is 2.90. The van der Waals surface area contributed by atoms with Gasteiger partial charge in [0, 0.05) is 11.6 Å². The minimum Gasteiger partial charge on any atom is -0.304 e. The summed E-state index contributed by atoms with van der Waals surface area (Å²) in [5.41, 5.74) is 0.842. The van der Waals surface area contributed by atoms with Crippen LogP contribution in [0.4, 0.5) is 0 Å². The van der Waals surface area contributed by atoms with Crippen LogP contribution in [0.3, 0.4) is 0 Å². The lowest BCUT2D eigenvalue weighted by atomic mass is 9.92. The highest BCUT2D eigenvalue weighted by molar-refractivity contribution is 14.1. The van der Waals surface area contributed by atoms with Crippen molar-refractivity contribution in [1.29, 1.82) is 0 Å². The van der Waals surface area contributed by atoms with Gasteiger partial charge >= 0.3 is 0 Å². The molecule has 19 heavy (non-hydrogen) atoms. The largest absolute Gasteiger partial charge is 0.304 e. The molecule has 0 atom stereocenters. The third-order valence-electron chi connectivity index (χ3n) is 2.56. The van der Waals surface area contributed by atoms with Crippen LogP contribution >= 0.6 is 34.2 Å². The summed E-state index contributed by atoms with van der Waals surface area (Å²) in [6, 6.07) is 3.46. The lowest BCUT2D eigenvalue weighted by Gasteiger charge is -2.19. The van der Waals surface area contributed by atoms with Gasteiger partial charge in [0.15, 0.2) is 5.82 Å². The number of rotatable bonds is 1.